The average Bonchev–Trinajstić information content (AvgIpc) is 2.67. The normalized spacial score (nSPS) is 16.2. The summed E-state index contributed by atoms with van der Waals surface area (Å²) in [6, 6.07) is 3.74. The van der Waals surface area contributed by atoms with Crippen LogP contribution in [0.5, 0.6) is 0 Å². The standard InChI is InChI=1S/C14H21N3O/c1-2-15-12-7-8-16-13(11-12)14(18)17-9-5-3-4-6-10-17/h7-8,11H,2-6,9-10H2,1H3,(H,15,16). The highest BCUT2D eigenvalue weighted by Crippen LogP contribution is 2.14. The summed E-state index contributed by atoms with van der Waals surface area (Å²) in [5, 5.41) is 3.21. The molecule has 0 saturated carbocycles. The molecule has 0 aliphatic carbocycles. The smallest absolute Gasteiger partial charge is 0.272 e. The molecule has 0 unspecified atom stereocenters. The maximum absolute atomic E-state index is 12.3. The number of anilines is 1. The highest BCUT2D eigenvalue weighted by molar-refractivity contribution is 5.93. The van der Waals surface area contributed by atoms with Gasteiger partial charge in [-0.2, -0.15) is 0 Å². The van der Waals surface area contributed by atoms with Crippen LogP contribution in [0.3, 0.4) is 0 Å². The van der Waals surface area contributed by atoms with E-state index in [4.69, 9.17) is 0 Å². The Morgan fingerprint density at radius 2 is 2.06 bits per heavy atom. The quantitative estimate of drug-likeness (QED) is 0.892. The molecule has 2 heterocycles. The van der Waals surface area contributed by atoms with E-state index in [0.29, 0.717) is 5.69 Å². The Labute approximate surface area is 108 Å². The number of rotatable bonds is 3. The summed E-state index contributed by atoms with van der Waals surface area (Å²) in [6.07, 6.45) is 6.38. The van der Waals surface area contributed by atoms with Gasteiger partial charge in [0.05, 0.1) is 0 Å². The molecule has 1 aliphatic rings. The number of nitrogens with zero attached hydrogens (tertiary/aromatic N) is 2. The molecule has 0 atom stereocenters. The number of amides is 1. The second-order valence-corrected chi connectivity index (χ2v) is 4.67. The van der Waals surface area contributed by atoms with E-state index in [2.05, 4.69) is 10.3 Å². The van der Waals surface area contributed by atoms with Gasteiger partial charge in [-0.3, -0.25) is 9.78 Å². The molecule has 0 radical (unpaired) electrons. The fraction of sp³-hybridized carbons (Fsp3) is 0.571. The van der Waals surface area contributed by atoms with Gasteiger partial charge in [0, 0.05) is 31.5 Å². The molecule has 0 spiro atoms. The maximum atomic E-state index is 12.3. The zero-order chi connectivity index (χ0) is 12.8. The summed E-state index contributed by atoms with van der Waals surface area (Å²) < 4.78 is 0. The molecular formula is C14H21N3O. The number of carbonyl (C=O) groups is 1. The Morgan fingerprint density at radius 3 is 2.72 bits per heavy atom. The predicted molar refractivity (Wildman–Crippen MR) is 72.8 cm³/mol. The lowest BCUT2D eigenvalue weighted by atomic mass is 10.2. The number of likely N-dealkylation sites (tertiary alicyclic amines) is 1. The number of aromatic nitrogens is 1. The highest BCUT2D eigenvalue weighted by atomic mass is 16.2. The zero-order valence-corrected chi connectivity index (χ0v) is 11.0. The van der Waals surface area contributed by atoms with Crippen LogP contribution in [0.25, 0.3) is 0 Å². The van der Waals surface area contributed by atoms with Crippen molar-refractivity contribution in [2.75, 3.05) is 25.0 Å². The van der Waals surface area contributed by atoms with Gasteiger partial charge in [0.25, 0.3) is 5.91 Å². The fourth-order valence-electron chi connectivity index (χ4n) is 2.30. The van der Waals surface area contributed by atoms with Crippen LogP contribution in [0.15, 0.2) is 18.3 Å². The summed E-state index contributed by atoms with van der Waals surface area (Å²) >= 11 is 0. The fourth-order valence-corrected chi connectivity index (χ4v) is 2.30. The van der Waals surface area contributed by atoms with E-state index < -0.39 is 0 Å². The topological polar surface area (TPSA) is 45.2 Å². The molecule has 4 nitrogen and oxygen atoms in total. The molecule has 4 heteroatoms. The van der Waals surface area contributed by atoms with Crippen LogP contribution < -0.4 is 5.32 Å². The minimum absolute atomic E-state index is 0.0663. The SMILES string of the molecule is CCNc1ccnc(C(=O)N2CCCCCC2)c1. The molecule has 2 rings (SSSR count). The summed E-state index contributed by atoms with van der Waals surface area (Å²) in [5.74, 6) is 0.0663. The first kappa shape index (κ1) is 12.9. The van der Waals surface area contributed by atoms with E-state index in [1.54, 1.807) is 6.20 Å². The molecule has 1 aliphatic heterocycles. The molecule has 1 amide bonds. The van der Waals surface area contributed by atoms with Gasteiger partial charge < -0.3 is 10.2 Å². The molecular weight excluding hydrogens is 226 g/mol. The van der Waals surface area contributed by atoms with Gasteiger partial charge in [0.15, 0.2) is 0 Å². The lowest BCUT2D eigenvalue weighted by molar-refractivity contribution is 0.0756. The molecule has 1 aromatic heterocycles. The minimum Gasteiger partial charge on any atom is -0.385 e. The second-order valence-electron chi connectivity index (χ2n) is 4.67. The molecule has 0 aromatic carbocycles. The van der Waals surface area contributed by atoms with E-state index >= 15 is 0 Å². The van der Waals surface area contributed by atoms with E-state index in [1.165, 1.54) is 12.8 Å². The lowest BCUT2D eigenvalue weighted by Gasteiger charge is -2.19. The first-order valence-corrected chi connectivity index (χ1v) is 6.80. The van der Waals surface area contributed by atoms with Gasteiger partial charge in [-0.1, -0.05) is 12.8 Å². The van der Waals surface area contributed by atoms with Crippen molar-refractivity contribution in [3.05, 3.63) is 24.0 Å². The first-order chi connectivity index (χ1) is 8.81. The zero-order valence-electron chi connectivity index (χ0n) is 11.0. The summed E-state index contributed by atoms with van der Waals surface area (Å²) in [5.41, 5.74) is 1.51. The Kier molecular flexibility index (Phi) is 4.56. The Morgan fingerprint density at radius 1 is 1.33 bits per heavy atom. The molecule has 1 fully saturated rings. The van der Waals surface area contributed by atoms with Crippen molar-refractivity contribution in [1.82, 2.24) is 9.88 Å². The minimum atomic E-state index is 0.0663. The Balaban J connectivity index is 2.09. The van der Waals surface area contributed by atoms with Gasteiger partial charge in [-0.25, -0.2) is 0 Å². The molecule has 1 N–H and O–H groups in total. The number of carbonyl (C=O) groups excluding carboxylic acids is 1. The van der Waals surface area contributed by atoms with Crippen molar-refractivity contribution in [3.63, 3.8) is 0 Å². The molecule has 0 bridgehead atoms. The van der Waals surface area contributed by atoms with Crippen LogP contribution >= 0.6 is 0 Å². The Hall–Kier alpha value is -1.58. The van der Waals surface area contributed by atoms with Gasteiger partial charge in [-0.05, 0) is 31.9 Å². The summed E-state index contributed by atoms with van der Waals surface area (Å²) in [7, 11) is 0. The molecule has 1 aromatic rings. The van der Waals surface area contributed by atoms with Crippen molar-refractivity contribution < 1.29 is 4.79 Å². The lowest BCUT2D eigenvalue weighted by Crippen LogP contribution is -2.32. The van der Waals surface area contributed by atoms with E-state index in [9.17, 15) is 4.79 Å². The van der Waals surface area contributed by atoms with Crippen molar-refractivity contribution in [3.8, 4) is 0 Å². The van der Waals surface area contributed by atoms with Crippen molar-refractivity contribution in [1.29, 1.82) is 0 Å². The maximum Gasteiger partial charge on any atom is 0.272 e. The van der Waals surface area contributed by atoms with E-state index in [1.807, 2.05) is 24.0 Å². The third-order valence-electron chi connectivity index (χ3n) is 3.25. The van der Waals surface area contributed by atoms with Crippen LogP contribution in [-0.2, 0) is 0 Å². The first-order valence-electron chi connectivity index (χ1n) is 6.80. The van der Waals surface area contributed by atoms with Crippen LogP contribution in [-0.4, -0.2) is 35.4 Å². The second kappa shape index (κ2) is 6.38. The van der Waals surface area contributed by atoms with E-state index in [0.717, 1.165) is 38.2 Å². The van der Waals surface area contributed by atoms with Crippen molar-refractivity contribution in [2.24, 2.45) is 0 Å². The van der Waals surface area contributed by atoms with Crippen LogP contribution in [0.4, 0.5) is 5.69 Å². The van der Waals surface area contributed by atoms with Crippen molar-refractivity contribution in [2.45, 2.75) is 32.6 Å². The van der Waals surface area contributed by atoms with Gasteiger partial charge in [-0.15, -0.1) is 0 Å². The van der Waals surface area contributed by atoms with Gasteiger partial charge >= 0.3 is 0 Å². The number of pyridine rings is 1. The monoisotopic (exact) mass is 247 g/mol. The van der Waals surface area contributed by atoms with Crippen LogP contribution in [0.2, 0.25) is 0 Å². The summed E-state index contributed by atoms with van der Waals surface area (Å²) in [4.78, 5) is 18.5. The van der Waals surface area contributed by atoms with Crippen LogP contribution in [0, 0.1) is 0 Å². The van der Waals surface area contributed by atoms with Gasteiger partial charge in [0.1, 0.15) is 5.69 Å². The third kappa shape index (κ3) is 3.22. The largest absolute Gasteiger partial charge is 0.385 e. The van der Waals surface area contributed by atoms with Crippen LogP contribution in [0.1, 0.15) is 43.1 Å². The number of hydrogen-bond donors (Lipinski definition) is 1. The molecule has 98 valence electrons. The summed E-state index contributed by atoms with van der Waals surface area (Å²) in [6.45, 7) is 4.62. The highest BCUT2D eigenvalue weighted by Gasteiger charge is 2.18. The predicted octanol–water partition coefficient (Wildman–Crippen LogP) is 2.53. The number of nitrogens with one attached hydrogen (secondary N) is 1. The van der Waals surface area contributed by atoms with Crippen molar-refractivity contribution >= 4 is 11.6 Å². The third-order valence-corrected chi connectivity index (χ3v) is 3.25. The Bertz CT molecular complexity index is 398. The molecule has 1 saturated heterocycles. The van der Waals surface area contributed by atoms with Gasteiger partial charge in [0.2, 0.25) is 0 Å². The average molecular weight is 247 g/mol. The number of hydrogen-bond acceptors (Lipinski definition) is 3. The molecule has 18 heavy (non-hydrogen) atoms. The van der Waals surface area contributed by atoms with E-state index in [-0.39, 0.29) is 5.91 Å².